The van der Waals surface area contributed by atoms with Crippen molar-refractivity contribution in [3.63, 3.8) is 0 Å². The van der Waals surface area contributed by atoms with Gasteiger partial charge in [0.25, 0.3) is 0 Å². The molecule has 1 unspecified atom stereocenters. The fourth-order valence-electron chi connectivity index (χ4n) is 2.72. The molecular weight excluding hydrogens is 366 g/mol. The van der Waals surface area contributed by atoms with Gasteiger partial charge >= 0.3 is 0 Å². The number of halogens is 3. The van der Waals surface area contributed by atoms with E-state index in [2.05, 4.69) is 15.6 Å². The standard InChI is InChI=1S/C17H21FN4O.2ClH/c1-11(14-9-19-10-14)17(23)21-8-13-3-4-16(15(18)7-13)22-6-5-20-12(22)2;;/h3-7,11,14,19H,8-10H2,1-2H3,(H,21,23);2*1H. The summed E-state index contributed by atoms with van der Waals surface area (Å²) in [6, 6.07) is 5.00. The first-order chi connectivity index (χ1) is 11.1. The molecule has 0 radical (unpaired) electrons. The lowest BCUT2D eigenvalue weighted by atomic mass is 9.88. The number of rotatable bonds is 5. The second-order valence-corrected chi connectivity index (χ2v) is 6.06. The van der Waals surface area contributed by atoms with Gasteiger partial charge in [0.1, 0.15) is 11.6 Å². The smallest absolute Gasteiger partial charge is 0.223 e. The predicted octanol–water partition coefficient (Wildman–Crippen LogP) is 2.64. The van der Waals surface area contributed by atoms with Gasteiger partial charge in [-0.15, -0.1) is 24.8 Å². The van der Waals surface area contributed by atoms with E-state index >= 15 is 0 Å². The van der Waals surface area contributed by atoms with E-state index < -0.39 is 0 Å². The maximum absolute atomic E-state index is 14.3. The van der Waals surface area contributed by atoms with Crippen LogP contribution >= 0.6 is 24.8 Å². The highest BCUT2D eigenvalue weighted by Gasteiger charge is 2.28. The second-order valence-electron chi connectivity index (χ2n) is 6.06. The summed E-state index contributed by atoms with van der Waals surface area (Å²) in [5, 5.41) is 6.05. The molecule has 2 aromatic rings. The monoisotopic (exact) mass is 388 g/mol. The molecule has 2 heterocycles. The third-order valence-electron chi connectivity index (χ3n) is 4.50. The number of aryl methyl sites for hydroxylation is 1. The van der Waals surface area contributed by atoms with E-state index in [0.717, 1.165) is 24.5 Å². The van der Waals surface area contributed by atoms with Gasteiger partial charge in [-0.05, 0) is 43.6 Å². The zero-order valence-corrected chi connectivity index (χ0v) is 15.8. The number of imidazole rings is 1. The molecular formula is C17H23Cl2FN4O. The quantitative estimate of drug-likeness (QED) is 0.827. The molecule has 1 aliphatic heterocycles. The van der Waals surface area contributed by atoms with Crippen molar-refractivity contribution in [1.82, 2.24) is 20.2 Å². The van der Waals surface area contributed by atoms with E-state index in [1.807, 2.05) is 19.9 Å². The van der Waals surface area contributed by atoms with Gasteiger partial charge in [0.15, 0.2) is 0 Å². The minimum Gasteiger partial charge on any atom is -0.352 e. The molecule has 5 nitrogen and oxygen atoms in total. The maximum Gasteiger partial charge on any atom is 0.223 e. The molecule has 1 saturated heterocycles. The van der Waals surface area contributed by atoms with Crippen molar-refractivity contribution in [2.24, 2.45) is 11.8 Å². The zero-order valence-electron chi connectivity index (χ0n) is 14.2. The van der Waals surface area contributed by atoms with Crippen molar-refractivity contribution in [2.75, 3.05) is 13.1 Å². The van der Waals surface area contributed by atoms with Crippen LogP contribution in [-0.4, -0.2) is 28.5 Å². The lowest BCUT2D eigenvalue weighted by Crippen LogP contribution is -2.49. The highest BCUT2D eigenvalue weighted by molar-refractivity contribution is 5.85. The molecule has 8 heteroatoms. The number of carbonyl (C=O) groups excluding carboxylic acids is 1. The van der Waals surface area contributed by atoms with Crippen molar-refractivity contribution in [3.05, 3.63) is 47.8 Å². The van der Waals surface area contributed by atoms with Crippen molar-refractivity contribution < 1.29 is 9.18 Å². The van der Waals surface area contributed by atoms with E-state index in [4.69, 9.17) is 0 Å². The van der Waals surface area contributed by atoms with Gasteiger partial charge in [0, 0.05) is 24.9 Å². The second kappa shape index (κ2) is 9.17. The van der Waals surface area contributed by atoms with Gasteiger partial charge in [0.05, 0.1) is 5.69 Å². The Hall–Kier alpha value is -1.63. The third-order valence-corrected chi connectivity index (χ3v) is 4.50. The van der Waals surface area contributed by atoms with Crippen LogP contribution in [0.15, 0.2) is 30.6 Å². The highest BCUT2D eigenvalue weighted by atomic mass is 35.5. The summed E-state index contributed by atoms with van der Waals surface area (Å²) < 4.78 is 16.0. The lowest BCUT2D eigenvalue weighted by Gasteiger charge is -2.31. The minimum absolute atomic E-state index is 0. The Bertz CT molecular complexity index is 718. The van der Waals surface area contributed by atoms with Crippen LogP contribution in [-0.2, 0) is 11.3 Å². The summed E-state index contributed by atoms with van der Waals surface area (Å²) in [7, 11) is 0. The Labute approximate surface area is 159 Å². The first-order valence-corrected chi connectivity index (χ1v) is 7.83. The summed E-state index contributed by atoms with van der Waals surface area (Å²) in [6.07, 6.45) is 3.36. The molecule has 25 heavy (non-hydrogen) atoms. The summed E-state index contributed by atoms with van der Waals surface area (Å²) >= 11 is 0. The number of amides is 1. The van der Waals surface area contributed by atoms with Gasteiger partial charge in [-0.1, -0.05) is 13.0 Å². The number of nitrogens with zero attached hydrogens (tertiary/aromatic N) is 2. The van der Waals surface area contributed by atoms with Crippen molar-refractivity contribution in [3.8, 4) is 5.69 Å². The molecule has 1 aliphatic rings. The van der Waals surface area contributed by atoms with Gasteiger partial charge < -0.3 is 15.2 Å². The maximum atomic E-state index is 14.3. The van der Waals surface area contributed by atoms with Crippen LogP contribution in [0.2, 0.25) is 0 Å². The van der Waals surface area contributed by atoms with Gasteiger partial charge in [-0.2, -0.15) is 0 Å². The van der Waals surface area contributed by atoms with E-state index in [1.165, 1.54) is 6.07 Å². The molecule has 1 aromatic heterocycles. The van der Waals surface area contributed by atoms with Crippen LogP contribution in [0.1, 0.15) is 18.3 Å². The van der Waals surface area contributed by atoms with E-state index in [1.54, 1.807) is 23.0 Å². The van der Waals surface area contributed by atoms with Crippen LogP contribution in [0.3, 0.4) is 0 Å². The van der Waals surface area contributed by atoms with Crippen LogP contribution in [0.4, 0.5) is 4.39 Å². The van der Waals surface area contributed by atoms with Crippen molar-refractivity contribution in [2.45, 2.75) is 20.4 Å². The summed E-state index contributed by atoms with van der Waals surface area (Å²) in [5.41, 5.74) is 1.21. The Kier molecular flexibility index (Phi) is 7.86. The first-order valence-electron chi connectivity index (χ1n) is 7.83. The van der Waals surface area contributed by atoms with Gasteiger partial charge in [-0.25, -0.2) is 9.37 Å². The zero-order chi connectivity index (χ0) is 16.4. The Morgan fingerprint density at radius 1 is 1.44 bits per heavy atom. The largest absolute Gasteiger partial charge is 0.352 e. The average molecular weight is 389 g/mol. The molecule has 0 aliphatic carbocycles. The Balaban J connectivity index is 0.00000156. The Morgan fingerprint density at radius 3 is 2.68 bits per heavy atom. The fraction of sp³-hybridized carbons (Fsp3) is 0.412. The SMILES string of the molecule is Cc1nccn1-c1ccc(CNC(=O)C(C)C2CNC2)cc1F.Cl.Cl. The van der Waals surface area contributed by atoms with Gasteiger partial charge in [0.2, 0.25) is 5.91 Å². The molecule has 0 spiro atoms. The molecule has 3 rings (SSSR count). The topological polar surface area (TPSA) is 59.0 Å². The molecule has 138 valence electrons. The number of aromatic nitrogens is 2. The summed E-state index contributed by atoms with van der Waals surface area (Å²) in [6.45, 7) is 5.88. The van der Waals surface area contributed by atoms with Crippen LogP contribution in [0.5, 0.6) is 0 Å². The summed E-state index contributed by atoms with van der Waals surface area (Å²) in [4.78, 5) is 16.2. The predicted molar refractivity (Wildman–Crippen MR) is 100 cm³/mol. The van der Waals surface area contributed by atoms with Crippen molar-refractivity contribution >= 4 is 30.7 Å². The number of hydrogen-bond acceptors (Lipinski definition) is 3. The van der Waals surface area contributed by atoms with E-state index in [-0.39, 0.29) is 42.5 Å². The molecule has 1 aromatic carbocycles. The Morgan fingerprint density at radius 2 is 2.16 bits per heavy atom. The molecule has 2 N–H and O–H groups in total. The third kappa shape index (κ3) is 4.71. The lowest BCUT2D eigenvalue weighted by molar-refractivity contribution is -0.126. The highest BCUT2D eigenvalue weighted by Crippen LogP contribution is 2.18. The first kappa shape index (κ1) is 21.4. The number of nitrogens with one attached hydrogen (secondary N) is 2. The molecule has 1 amide bonds. The minimum atomic E-state index is -0.325. The molecule has 1 atom stereocenters. The molecule has 1 fully saturated rings. The van der Waals surface area contributed by atoms with Crippen LogP contribution < -0.4 is 10.6 Å². The molecule has 0 bridgehead atoms. The summed E-state index contributed by atoms with van der Waals surface area (Å²) in [5.74, 6) is 0.806. The normalized spacial score (nSPS) is 14.7. The fourth-order valence-corrected chi connectivity index (χ4v) is 2.72. The van der Waals surface area contributed by atoms with Crippen molar-refractivity contribution in [1.29, 1.82) is 0 Å². The van der Waals surface area contributed by atoms with Crippen LogP contribution in [0, 0.1) is 24.6 Å². The van der Waals surface area contributed by atoms with E-state index in [0.29, 0.717) is 18.2 Å². The van der Waals surface area contributed by atoms with E-state index in [9.17, 15) is 9.18 Å². The van der Waals surface area contributed by atoms with Crippen LogP contribution in [0.25, 0.3) is 5.69 Å². The van der Waals surface area contributed by atoms with Gasteiger partial charge in [-0.3, -0.25) is 4.79 Å². The number of carbonyl (C=O) groups is 1. The average Bonchev–Trinajstić information content (AvgIpc) is 2.89. The molecule has 0 saturated carbocycles. The number of benzene rings is 1. The number of hydrogen-bond donors (Lipinski definition) is 2.